The van der Waals surface area contributed by atoms with Crippen LogP contribution in [0.15, 0.2) is 23.5 Å². The minimum absolute atomic E-state index is 0.00141. The predicted octanol–water partition coefficient (Wildman–Crippen LogP) is 7.00. The predicted molar refractivity (Wildman–Crippen MR) is 157 cm³/mol. The Morgan fingerprint density at radius 2 is 1.78 bits per heavy atom. The molecule has 0 saturated carbocycles. The first-order valence-corrected chi connectivity index (χ1v) is 15.9. The SMILES string of the molecule is CSc1nc(N2CC3CCC(C2)N3C(=O)O)c2cc(F)c(-c3c(C(F)(F)F)c(C)cc4c3cnn4C3CCCCO3)c(F)c2n1. The number of fused-ring (bicyclic) bond motifs is 4. The molecule has 3 aliphatic heterocycles. The normalized spacial score (nSPS) is 22.2. The van der Waals surface area contributed by atoms with Gasteiger partial charge in [-0.05, 0) is 63.0 Å². The summed E-state index contributed by atoms with van der Waals surface area (Å²) in [6.07, 6.45) is -0.0105. The van der Waals surface area contributed by atoms with Crippen molar-refractivity contribution in [1.82, 2.24) is 24.6 Å². The number of anilines is 1. The molecule has 5 heterocycles. The van der Waals surface area contributed by atoms with E-state index in [1.165, 1.54) is 28.8 Å². The number of piperazine rings is 1. The van der Waals surface area contributed by atoms with E-state index in [0.29, 0.717) is 25.9 Å². The monoisotopic (exact) mass is 648 g/mol. The molecule has 2 aromatic heterocycles. The number of ether oxygens (including phenoxy) is 1. The van der Waals surface area contributed by atoms with Gasteiger partial charge in [-0.1, -0.05) is 11.8 Å². The lowest BCUT2D eigenvalue weighted by Gasteiger charge is -2.40. The van der Waals surface area contributed by atoms with E-state index in [2.05, 4.69) is 15.1 Å². The molecule has 3 aliphatic rings. The molecule has 3 saturated heterocycles. The lowest BCUT2D eigenvalue weighted by Crippen LogP contribution is -2.55. The van der Waals surface area contributed by atoms with Gasteiger partial charge in [0, 0.05) is 36.0 Å². The largest absolute Gasteiger partial charge is 0.465 e. The summed E-state index contributed by atoms with van der Waals surface area (Å²) in [5.74, 6) is -2.23. The Morgan fingerprint density at radius 3 is 2.40 bits per heavy atom. The average Bonchev–Trinajstić information content (AvgIpc) is 3.54. The van der Waals surface area contributed by atoms with E-state index in [-0.39, 0.29) is 63.5 Å². The first kappa shape index (κ1) is 30.0. The second kappa shape index (κ2) is 11.0. The zero-order chi connectivity index (χ0) is 31.8. The van der Waals surface area contributed by atoms with Crippen molar-refractivity contribution in [1.29, 1.82) is 0 Å². The third-order valence-electron chi connectivity index (χ3n) is 9.09. The van der Waals surface area contributed by atoms with Crippen LogP contribution in [0.5, 0.6) is 0 Å². The van der Waals surface area contributed by atoms with Crippen LogP contribution in [0.4, 0.5) is 32.6 Å². The number of carboxylic acid groups (broad SMARTS) is 1. The second-order valence-corrected chi connectivity index (χ2v) is 12.5. The third kappa shape index (κ3) is 4.85. The number of alkyl halides is 3. The average molecular weight is 649 g/mol. The molecule has 2 bridgehead atoms. The fourth-order valence-corrected chi connectivity index (χ4v) is 7.56. The quantitative estimate of drug-likeness (QED) is 0.144. The molecule has 3 atom stereocenters. The number of aromatic nitrogens is 4. The molecule has 3 fully saturated rings. The topological polar surface area (TPSA) is 96.6 Å². The third-order valence-corrected chi connectivity index (χ3v) is 9.64. The van der Waals surface area contributed by atoms with Gasteiger partial charge in [-0.3, -0.25) is 4.90 Å². The standard InChI is InChI=1S/C30H29F5N6O3S/c1-14-9-20-18(11-36-41(20)21-5-3-4-8-44-21)22(24(14)30(33,34)35)23-19(31)10-17-26(25(23)32)37-28(45-2)38-27(17)39-12-15-6-7-16(13-39)40(15)29(42)43/h9-11,15-16,21H,3-8,12-13H2,1-2H3,(H,42,43). The van der Waals surface area contributed by atoms with Crippen LogP contribution in [0.3, 0.4) is 0 Å². The van der Waals surface area contributed by atoms with Gasteiger partial charge < -0.3 is 14.7 Å². The van der Waals surface area contributed by atoms with Crippen LogP contribution in [-0.2, 0) is 10.9 Å². The summed E-state index contributed by atoms with van der Waals surface area (Å²) in [5.41, 5.74) is -2.89. The zero-order valence-electron chi connectivity index (χ0n) is 24.4. The highest BCUT2D eigenvalue weighted by atomic mass is 32.2. The molecule has 0 radical (unpaired) electrons. The van der Waals surface area contributed by atoms with Crippen molar-refractivity contribution < 1.29 is 36.6 Å². The number of rotatable bonds is 4. The fourth-order valence-electron chi connectivity index (χ4n) is 7.20. The Kier molecular flexibility index (Phi) is 7.30. The first-order valence-electron chi connectivity index (χ1n) is 14.7. The number of benzene rings is 2. The van der Waals surface area contributed by atoms with Crippen LogP contribution in [-0.4, -0.2) is 73.9 Å². The van der Waals surface area contributed by atoms with Crippen molar-refractivity contribution in [3.05, 3.63) is 41.1 Å². The van der Waals surface area contributed by atoms with Crippen molar-refractivity contribution in [2.75, 3.05) is 30.9 Å². The molecule has 9 nitrogen and oxygen atoms in total. The van der Waals surface area contributed by atoms with Gasteiger partial charge in [0.2, 0.25) is 0 Å². The number of amides is 1. The van der Waals surface area contributed by atoms with Crippen molar-refractivity contribution in [3.8, 4) is 11.1 Å². The molecule has 0 spiro atoms. The number of hydrogen-bond acceptors (Lipinski definition) is 7. The molecule has 45 heavy (non-hydrogen) atoms. The molecule has 4 aromatic rings. The van der Waals surface area contributed by atoms with E-state index >= 15 is 8.78 Å². The maximum Gasteiger partial charge on any atom is 0.417 e. The summed E-state index contributed by atoms with van der Waals surface area (Å²) in [6.45, 7) is 2.25. The first-order chi connectivity index (χ1) is 21.5. The summed E-state index contributed by atoms with van der Waals surface area (Å²) < 4.78 is 84.4. The fraction of sp³-hybridized carbons (Fsp3) is 0.467. The second-order valence-electron chi connectivity index (χ2n) is 11.7. The molecular weight excluding hydrogens is 619 g/mol. The van der Waals surface area contributed by atoms with E-state index < -0.39 is 46.8 Å². The molecule has 0 aliphatic carbocycles. The van der Waals surface area contributed by atoms with E-state index in [9.17, 15) is 23.1 Å². The molecule has 2 aromatic carbocycles. The van der Waals surface area contributed by atoms with Crippen molar-refractivity contribution >= 4 is 45.5 Å². The van der Waals surface area contributed by atoms with Crippen LogP contribution in [0.1, 0.15) is 49.5 Å². The number of carbonyl (C=O) groups is 1. The van der Waals surface area contributed by atoms with E-state index in [4.69, 9.17) is 4.74 Å². The molecule has 15 heteroatoms. The van der Waals surface area contributed by atoms with Gasteiger partial charge in [0.05, 0.1) is 34.9 Å². The molecular formula is C30H29F5N6O3S. The number of thioether (sulfide) groups is 1. The smallest absolute Gasteiger partial charge is 0.417 e. The maximum absolute atomic E-state index is 16.7. The van der Waals surface area contributed by atoms with Crippen LogP contribution >= 0.6 is 11.8 Å². The minimum Gasteiger partial charge on any atom is -0.465 e. The molecule has 238 valence electrons. The molecule has 1 N–H and O–H groups in total. The highest BCUT2D eigenvalue weighted by Crippen LogP contribution is 2.47. The zero-order valence-corrected chi connectivity index (χ0v) is 25.2. The lowest BCUT2D eigenvalue weighted by atomic mass is 9.90. The Hall–Kier alpha value is -3.72. The number of nitrogens with zero attached hydrogens (tertiary/aromatic N) is 6. The van der Waals surface area contributed by atoms with Gasteiger partial charge in [0.25, 0.3) is 0 Å². The van der Waals surface area contributed by atoms with E-state index in [0.717, 1.165) is 30.7 Å². The Bertz CT molecular complexity index is 1830. The van der Waals surface area contributed by atoms with Crippen LogP contribution in [0.2, 0.25) is 0 Å². The van der Waals surface area contributed by atoms with Crippen molar-refractivity contribution in [3.63, 3.8) is 0 Å². The number of aryl methyl sites for hydroxylation is 1. The van der Waals surface area contributed by atoms with Crippen LogP contribution in [0, 0.1) is 18.6 Å². The Morgan fingerprint density at radius 1 is 1.04 bits per heavy atom. The summed E-state index contributed by atoms with van der Waals surface area (Å²) in [7, 11) is 0. The van der Waals surface area contributed by atoms with Gasteiger partial charge in [-0.25, -0.2) is 28.2 Å². The molecule has 7 rings (SSSR count). The van der Waals surface area contributed by atoms with Crippen molar-refractivity contribution in [2.45, 2.75) is 68.7 Å². The summed E-state index contributed by atoms with van der Waals surface area (Å²) in [5, 5.41) is 14.1. The Labute approximate surface area is 258 Å². The van der Waals surface area contributed by atoms with Gasteiger partial charge in [-0.15, -0.1) is 0 Å². The van der Waals surface area contributed by atoms with Crippen LogP contribution < -0.4 is 4.90 Å². The summed E-state index contributed by atoms with van der Waals surface area (Å²) in [4.78, 5) is 23.9. The summed E-state index contributed by atoms with van der Waals surface area (Å²) >= 11 is 1.11. The minimum atomic E-state index is -4.94. The highest BCUT2D eigenvalue weighted by molar-refractivity contribution is 7.98. The maximum atomic E-state index is 16.7. The summed E-state index contributed by atoms with van der Waals surface area (Å²) in [6, 6.07) is 1.68. The van der Waals surface area contributed by atoms with E-state index in [1.807, 2.05) is 0 Å². The molecule has 1 amide bonds. The molecule has 3 unspecified atom stereocenters. The van der Waals surface area contributed by atoms with Gasteiger partial charge in [0.15, 0.2) is 17.2 Å². The van der Waals surface area contributed by atoms with Gasteiger partial charge in [-0.2, -0.15) is 18.3 Å². The number of halogens is 5. The highest BCUT2D eigenvalue weighted by Gasteiger charge is 2.44. The van der Waals surface area contributed by atoms with E-state index in [1.54, 1.807) is 11.2 Å². The van der Waals surface area contributed by atoms with Gasteiger partial charge >= 0.3 is 12.3 Å². The van der Waals surface area contributed by atoms with Gasteiger partial charge in [0.1, 0.15) is 17.2 Å². The van der Waals surface area contributed by atoms with Crippen molar-refractivity contribution in [2.24, 2.45) is 0 Å². The van der Waals surface area contributed by atoms with Crippen LogP contribution in [0.25, 0.3) is 32.9 Å². The Balaban J connectivity index is 1.45. The lowest BCUT2D eigenvalue weighted by molar-refractivity contribution is -0.137. The number of hydrogen-bond donors (Lipinski definition) is 1.